The van der Waals surface area contributed by atoms with Gasteiger partial charge in [-0.3, -0.25) is 4.79 Å². The van der Waals surface area contributed by atoms with Gasteiger partial charge in [0.25, 0.3) is 0 Å². The highest BCUT2D eigenvalue weighted by molar-refractivity contribution is 5.74. The lowest BCUT2D eigenvalue weighted by molar-refractivity contribution is -0.138. The molecule has 1 N–H and O–H groups in total. The van der Waals surface area contributed by atoms with Crippen LogP contribution in [0.2, 0.25) is 0 Å². The fourth-order valence-corrected chi connectivity index (χ4v) is 1.33. The van der Waals surface area contributed by atoms with Crippen LogP contribution in [0, 0.1) is 0 Å². The molecule has 0 radical (unpaired) electrons. The number of hydrogen-bond acceptors (Lipinski definition) is 3. The summed E-state index contributed by atoms with van der Waals surface area (Å²) in [6.45, 7) is 6.71. The second-order valence-electron chi connectivity index (χ2n) is 4.76. The first-order valence-electron chi connectivity index (χ1n) is 5.34. The molecule has 1 aromatic carbocycles. The average molecular weight is 221 g/mol. The summed E-state index contributed by atoms with van der Waals surface area (Å²) in [6.07, 6.45) is 0. The fourth-order valence-electron chi connectivity index (χ4n) is 1.33. The second kappa shape index (κ2) is 5.01. The first kappa shape index (κ1) is 12.6. The van der Waals surface area contributed by atoms with Crippen LogP contribution in [-0.2, 0) is 14.9 Å². The van der Waals surface area contributed by atoms with Crippen LogP contribution in [0.1, 0.15) is 26.3 Å². The van der Waals surface area contributed by atoms with Gasteiger partial charge in [-0.1, -0.05) is 32.9 Å². The SMILES string of the molecule is COC(=O)CNc1ccc(C(C)(C)C)cc1. The number of nitrogens with one attached hydrogen (secondary N) is 1. The predicted molar refractivity (Wildman–Crippen MR) is 65.6 cm³/mol. The summed E-state index contributed by atoms with van der Waals surface area (Å²) in [5.74, 6) is -0.264. The van der Waals surface area contributed by atoms with Crippen LogP contribution in [0.4, 0.5) is 5.69 Å². The van der Waals surface area contributed by atoms with Gasteiger partial charge in [-0.2, -0.15) is 0 Å². The molecule has 0 atom stereocenters. The number of hydrogen-bond donors (Lipinski definition) is 1. The minimum Gasteiger partial charge on any atom is -0.468 e. The maximum Gasteiger partial charge on any atom is 0.325 e. The Morgan fingerprint density at radius 3 is 2.25 bits per heavy atom. The lowest BCUT2D eigenvalue weighted by Crippen LogP contribution is -2.15. The first-order valence-corrected chi connectivity index (χ1v) is 5.34. The molecule has 1 rings (SSSR count). The van der Waals surface area contributed by atoms with Crippen molar-refractivity contribution in [3.8, 4) is 0 Å². The Kier molecular flexibility index (Phi) is 3.93. The van der Waals surface area contributed by atoms with Crippen LogP contribution < -0.4 is 5.32 Å². The van der Waals surface area contributed by atoms with Crippen molar-refractivity contribution in [1.82, 2.24) is 0 Å². The Hall–Kier alpha value is -1.51. The molecule has 0 heterocycles. The highest BCUT2D eigenvalue weighted by Crippen LogP contribution is 2.23. The van der Waals surface area contributed by atoms with Crippen LogP contribution in [0.25, 0.3) is 0 Å². The average Bonchev–Trinajstić information content (AvgIpc) is 2.25. The molecule has 0 fully saturated rings. The summed E-state index contributed by atoms with van der Waals surface area (Å²) in [4.78, 5) is 10.9. The van der Waals surface area contributed by atoms with Gasteiger partial charge in [0.2, 0.25) is 0 Å². The Morgan fingerprint density at radius 2 is 1.81 bits per heavy atom. The molecule has 3 heteroatoms. The number of methoxy groups -OCH3 is 1. The number of carbonyl (C=O) groups is 1. The van der Waals surface area contributed by atoms with Crippen molar-refractivity contribution in [2.24, 2.45) is 0 Å². The topological polar surface area (TPSA) is 38.3 Å². The molecule has 3 nitrogen and oxygen atoms in total. The summed E-state index contributed by atoms with van der Waals surface area (Å²) >= 11 is 0. The molecule has 0 unspecified atom stereocenters. The highest BCUT2D eigenvalue weighted by Gasteiger charge is 2.12. The molecule has 0 saturated carbocycles. The molecule has 1 aromatic rings. The third-order valence-electron chi connectivity index (χ3n) is 2.42. The lowest BCUT2D eigenvalue weighted by Gasteiger charge is -2.19. The second-order valence-corrected chi connectivity index (χ2v) is 4.76. The number of ether oxygens (including phenoxy) is 1. The molecule has 0 aliphatic rings. The van der Waals surface area contributed by atoms with E-state index in [2.05, 4.69) is 43.0 Å². The maximum atomic E-state index is 10.9. The van der Waals surface area contributed by atoms with Crippen molar-refractivity contribution < 1.29 is 9.53 Å². The number of rotatable bonds is 3. The number of esters is 1. The van der Waals surface area contributed by atoms with Crippen molar-refractivity contribution in [2.75, 3.05) is 19.0 Å². The molecule has 0 spiro atoms. The predicted octanol–water partition coefficient (Wildman–Crippen LogP) is 2.57. The zero-order chi connectivity index (χ0) is 12.2. The molecule has 0 saturated heterocycles. The van der Waals surface area contributed by atoms with E-state index >= 15 is 0 Å². The third kappa shape index (κ3) is 3.57. The van der Waals surface area contributed by atoms with Gasteiger partial charge in [0.1, 0.15) is 6.54 Å². The molecular weight excluding hydrogens is 202 g/mol. The zero-order valence-corrected chi connectivity index (χ0v) is 10.3. The van der Waals surface area contributed by atoms with Crippen molar-refractivity contribution in [2.45, 2.75) is 26.2 Å². The quantitative estimate of drug-likeness (QED) is 0.797. The van der Waals surface area contributed by atoms with E-state index in [1.165, 1.54) is 12.7 Å². The number of carbonyl (C=O) groups excluding carboxylic acids is 1. The van der Waals surface area contributed by atoms with Gasteiger partial charge in [0, 0.05) is 5.69 Å². The molecule has 0 aliphatic heterocycles. The monoisotopic (exact) mass is 221 g/mol. The zero-order valence-electron chi connectivity index (χ0n) is 10.3. The van der Waals surface area contributed by atoms with Crippen molar-refractivity contribution in [3.63, 3.8) is 0 Å². The smallest absolute Gasteiger partial charge is 0.325 e. The Balaban J connectivity index is 2.62. The van der Waals surface area contributed by atoms with Gasteiger partial charge in [-0.05, 0) is 23.1 Å². The van der Waals surface area contributed by atoms with E-state index in [4.69, 9.17) is 0 Å². The molecule has 88 valence electrons. The van der Waals surface area contributed by atoms with E-state index in [-0.39, 0.29) is 17.9 Å². The van der Waals surface area contributed by atoms with Gasteiger partial charge in [0.05, 0.1) is 7.11 Å². The minimum absolute atomic E-state index is 0.154. The van der Waals surface area contributed by atoms with Crippen molar-refractivity contribution in [1.29, 1.82) is 0 Å². The van der Waals surface area contributed by atoms with E-state index in [1.807, 2.05) is 12.1 Å². The third-order valence-corrected chi connectivity index (χ3v) is 2.42. The van der Waals surface area contributed by atoms with E-state index in [9.17, 15) is 4.79 Å². The largest absolute Gasteiger partial charge is 0.468 e. The number of benzene rings is 1. The van der Waals surface area contributed by atoms with E-state index in [0.29, 0.717) is 0 Å². The standard InChI is InChI=1S/C13H19NO2/c1-13(2,3)10-5-7-11(8-6-10)14-9-12(15)16-4/h5-8,14H,9H2,1-4H3. The molecule has 0 bridgehead atoms. The minimum atomic E-state index is -0.264. The van der Waals surface area contributed by atoms with Crippen molar-refractivity contribution >= 4 is 11.7 Å². The molecule has 0 aromatic heterocycles. The van der Waals surface area contributed by atoms with Gasteiger partial charge < -0.3 is 10.1 Å². The normalized spacial score (nSPS) is 11.0. The fraction of sp³-hybridized carbons (Fsp3) is 0.462. The van der Waals surface area contributed by atoms with Gasteiger partial charge >= 0.3 is 5.97 Å². The summed E-state index contributed by atoms with van der Waals surface area (Å²) in [7, 11) is 1.38. The highest BCUT2D eigenvalue weighted by atomic mass is 16.5. The molecular formula is C13H19NO2. The van der Waals surface area contributed by atoms with Crippen LogP contribution in [-0.4, -0.2) is 19.6 Å². The summed E-state index contributed by atoms with van der Waals surface area (Å²) < 4.78 is 4.55. The molecule has 16 heavy (non-hydrogen) atoms. The Labute approximate surface area is 96.8 Å². The Morgan fingerprint density at radius 1 is 1.25 bits per heavy atom. The van der Waals surface area contributed by atoms with Crippen LogP contribution in [0.15, 0.2) is 24.3 Å². The summed E-state index contributed by atoms with van der Waals surface area (Å²) in [5.41, 5.74) is 2.36. The van der Waals surface area contributed by atoms with Crippen LogP contribution in [0.3, 0.4) is 0 Å². The van der Waals surface area contributed by atoms with E-state index in [0.717, 1.165) is 5.69 Å². The number of anilines is 1. The Bertz CT molecular complexity index is 349. The van der Waals surface area contributed by atoms with Gasteiger partial charge in [-0.15, -0.1) is 0 Å². The first-order chi connectivity index (χ1) is 7.43. The van der Waals surface area contributed by atoms with E-state index < -0.39 is 0 Å². The van der Waals surface area contributed by atoms with Crippen LogP contribution in [0.5, 0.6) is 0 Å². The summed E-state index contributed by atoms with van der Waals surface area (Å²) in [6, 6.07) is 8.09. The lowest BCUT2D eigenvalue weighted by atomic mass is 9.87. The van der Waals surface area contributed by atoms with Gasteiger partial charge in [0.15, 0.2) is 0 Å². The maximum absolute atomic E-state index is 10.9. The summed E-state index contributed by atoms with van der Waals surface area (Å²) in [5, 5.41) is 3.00. The molecule has 0 amide bonds. The van der Waals surface area contributed by atoms with Gasteiger partial charge in [-0.25, -0.2) is 0 Å². The van der Waals surface area contributed by atoms with E-state index in [1.54, 1.807) is 0 Å². The van der Waals surface area contributed by atoms with Crippen LogP contribution >= 0.6 is 0 Å². The molecule has 0 aliphatic carbocycles. The van der Waals surface area contributed by atoms with Crippen molar-refractivity contribution in [3.05, 3.63) is 29.8 Å².